The van der Waals surface area contributed by atoms with Crippen molar-refractivity contribution in [3.63, 3.8) is 0 Å². The second-order valence-electron chi connectivity index (χ2n) is 3.73. The summed E-state index contributed by atoms with van der Waals surface area (Å²) >= 11 is 1.59. The summed E-state index contributed by atoms with van der Waals surface area (Å²) in [6.45, 7) is 0.446. The standard InChI is InChI=1S/C11H18N2O3S2/c1-13(6-7-17-3)18(14,15)11-8-9(12)4-5-10(11)16-2/h4-5,8H,6-7,12H2,1-3H3. The molecular weight excluding hydrogens is 272 g/mol. The van der Waals surface area contributed by atoms with E-state index in [4.69, 9.17) is 10.5 Å². The molecule has 0 heterocycles. The lowest BCUT2D eigenvalue weighted by Crippen LogP contribution is -2.29. The Balaban J connectivity index is 3.14. The minimum absolute atomic E-state index is 0.105. The molecule has 0 aliphatic heterocycles. The molecular formula is C11H18N2O3S2. The normalized spacial score (nSPS) is 11.8. The highest BCUT2D eigenvalue weighted by Crippen LogP contribution is 2.28. The molecule has 1 aromatic carbocycles. The number of methoxy groups -OCH3 is 1. The van der Waals surface area contributed by atoms with Crippen LogP contribution in [0.3, 0.4) is 0 Å². The zero-order chi connectivity index (χ0) is 13.8. The third kappa shape index (κ3) is 3.30. The molecule has 0 atom stereocenters. The number of nitrogens with two attached hydrogens (primary N) is 1. The van der Waals surface area contributed by atoms with Gasteiger partial charge in [0.2, 0.25) is 10.0 Å². The third-order valence-electron chi connectivity index (χ3n) is 2.49. The van der Waals surface area contributed by atoms with E-state index in [9.17, 15) is 8.42 Å². The molecule has 0 saturated heterocycles. The van der Waals surface area contributed by atoms with E-state index in [1.165, 1.54) is 17.5 Å². The summed E-state index contributed by atoms with van der Waals surface area (Å²) in [5.41, 5.74) is 6.03. The summed E-state index contributed by atoms with van der Waals surface area (Å²) in [5.74, 6) is 1.04. The van der Waals surface area contributed by atoms with E-state index >= 15 is 0 Å². The van der Waals surface area contributed by atoms with Crippen molar-refractivity contribution in [3.8, 4) is 5.75 Å². The van der Waals surface area contributed by atoms with E-state index in [-0.39, 0.29) is 4.90 Å². The zero-order valence-corrected chi connectivity index (χ0v) is 12.3. The van der Waals surface area contributed by atoms with Crippen molar-refractivity contribution in [2.45, 2.75) is 4.90 Å². The van der Waals surface area contributed by atoms with Gasteiger partial charge in [-0.05, 0) is 24.5 Å². The number of thioether (sulfide) groups is 1. The lowest BCUT2D eigenvalue weighted by molar-refractivity contribution is 0.399. The number of nitrogens with zero attached hydrogens (tertiary/aromatic N) is 1. The number of hydrogen-bond donors (Lipinski definition) is 1. The first kappa shape index (κ1) is 15.1. The maximum atomic E-state index is 12.4. The average Bonchev–Trinajstić information content (AvgIpc) is 2.35. The van der Waals surface area contributed by atoms with Gasteiger partial charge in [-0.2, -0.15) is 16.1 Å². The van der Waals surface area contributed by atoms with Crippen LogP contribution in [0.2, 0.25) is 0 Å². The fourth-order valence-electron chi connectivity index (χ4n) is 1.40. The number of anilines is 1. The van der Waals surface area contributed by atoms with Crippen LogP contribution in [0.4, 0.5) is 5.69 Å². The SMILES string of the molecule is COc1ccc(N)cc1S(=O)(=O)N(C)CCSC. The highest BCUT2D eigenvalue weighted by atomic mass is 32.2. The molecule has 0 spiro atoms. The molecule has 102 valence electrons. The number of hydrogen-bond acceptors (Lipinski definition) is 5. The number of benzene rings is 1. The van der Waals surface area contributed by atoms with Gasteiger partial charge in [-0.15, -0.1) is 0 Å². The Bertz CT molecular complexity index is 503. The lowest BCUT2D eigenvalue weighted by Gasteiger charge is -2.18. The number of rotatable bonds is 6. The summed E-state index contributed by atoms with van der Waals surface area (Å²) < 4.78 is 31.1. The van der Waals surface area contributed by atoms with Crippen LogP contribution >= 0.6 is 11.8 Å². The summed E-state index contributed by atoms with van der Waals surface area (Å²) in [4.78, 5) is 0.105. The minimum Gasteiger partial charge on any atom is -0.495 e. The summed E-state index contributed by atoms with van der Waals surface area (Å²) in [7, 11) is -0.575. The van der Waals surface area contributed by atoms with E-state index in [2.05, 4.69) is 0 Å². The van der Waals surface area contributed by atoms with Crippen molar-refractivity contribution in [3.05, 3.63) is 18.2 Å². The van der Waals surface area contributed by atoms with E-state index in [0.29, 0.717) is 18.0 Å². The van der Waals surface area contributed by atoms with Gasteiger partial charge in [0.1, 0.15) is 10.6 Å². The zero-order valence-electron chi connectivity index (χ0n) is 10.7. The maximum absolute atomic E-state index is 12.4. The van der Waals surface area contributed by atoms with Gasteiger partial charge in [-0.3, -0.25) is 0 Å². The molecule has 1 aromatic rings. The van der Waals surface area contributed by atoms with E-state index < -0.39 is 10.0 Å². The largest absolute Gasteiger partial charge is 0.495 e. The molecule has 0 bridgehead atoms. The Morgan fingerprint density at radius 3 is 2.67 bits per heavy atom. The molecule has 18 heavy (non-hydrogen) atoms. The van der Waals surface area contributed by atoms with Crippen LogP contribution in [0.15, 0.2) is 23.1 Å². The Labute approximate surface area is 112 Å². The Morgan fingerprint density at radius 1 is 1.44 bits per heavy atom. The Kier molecular flexibility index (Phi) is 5.30. The predicted octanol–water partition coefficient (Wildman–Crippen LogP) is 1.26. The van der Waals surface area contributed by atoms with Crippen LogP contribution in [0, 0.1) is 0 Å². The molecule has 0 radical (unpaired) electrons. The maximum Gasteiger partial charge on any atom is 0.246 e. The van der Waals surface area contributed by atoms with Gasteiger partial charge in [-0.25, -0.2) is 8.42 Å². The highest BCUT2D eigenvalue weighted by molar-refractivity contribution is 7.98. The van der Waals surface area contributed by atoms with Crippen molar-refractivity contribution in [1.82, 2.24) is 4.31 Å². The molecule has 0 unspecified atom stereocenters. The van der Waals surface area contributed by atoms with Crippen molar-refractivity contribution in [2.75, 3.05) is 38.4 Å². The molecule has 1 rings (SSSR count). The van der Waals surface area contributed by atoms with E-state index in [1.807, 2.05) is 6.26 Å². The van der Waals surface area contributed by atoms with Crippen molar-refractivity contribution >= 4 is 27.5 Å². The number of sulfonamides is 1. The second-order valence-corrected chi connectivity index (χ2v) is 6.73. The number of nitrogen functional groups attached to an aromatic ring is 1. The summed E-state index contributed by atoms with van der Waals surface area (Å²) in [6.07, 6.45) is 1.93. The highest BCUT2D eigenvalue weighted by Gasteiger charge is 2.24. The first-order valence-corrected chi connectivity index (χ1v) is 8.15. The van der Waals surface area contributed by atoms with Crippen molar-refractivity contribution in [2.24, 2.45) is 0 Å². The molecule has 0 amide bonds. The van der Waals surface area contributed by atoms with Crippen molar-refractivity contribution < 1.29 is 13.2 Å². The van der Waals surface area contributed by atoms with Gasteiger partial charge in [-0.1, -0.05) is 0 Å². The first-order chi connectivity index (χ1) is 8.43. The smallest absolute Gasteiger partial charge is 0.246 e. The molecule has 2 N–H and O–H groups in total. The van der Waals surface area contributed by atoms with Gasteiger partial charge in [0.05, 0.1) is 7.11 Å². The van der Waals surface area contributed by atoms with Gasteiger partial charge < -0.3 is 10.5 Å². The second kappa shape index (κ2) is 6.31. The third-order valence-corrected chi connectivity index (χ3v) is 4.96. The number of ether oxygens (including phenoxy) is 1. The molecule has 7 heteroatoms. The van der Waals surface area contributed by atoms with Crippen LogP contribution in [0.5, 0.6) is 5.75 Å². The van der Waals surface area contributed by atoms with Crippen LogP contribution in [-0.2, 0) is 10.0 Å². The van der Waals surface area contributed by atoms with E-state index in [0.717, 1.165) is 5.75 Å². The van der Waals surface area contributed by atoms with Crippen LogP contribution in [-0.4, -0.2) is 45.4 Å². The molecule has 0 aliphatic rings. The van der Waals surface area contributed by atoms with Gasteiger partial charge >= 0.3 is 0 Å². The van der Waals surface area contributed by atoms with E-state index in [1.54, 1.807) is 30.9 Å². The first-order valence-electron chi connectivity index (χ1n) is 5.32. The van der Waals surface area contributed by atoms with Crippen LogP contribution in [0.1, 0.15) is 0 Å². The van der Waals surface area contributed by atoms with Crippen LogP contribution < -0.4 is 10.5 Å². The minimum atomic E-state index is -3.56. The molecule has 0 fully saturated rings. The fraction of sp³-hybridized carbons (Fsp3) is 0.455. The molecule has 0 aliphatic carbocycles. The fourth-order valence-corrected chi connectivity index (χ4v) is 3.33. The Hall–Kier alpha value is -0.920. The van der Waals surface area contributed by atoms with Gasteiger partial charge in [0.25, 0.3) is 0 Å². The molecule has 0 saturated carbocycles. The Morgan fingerprint density at radius 2 is 2.11 bits per heavy atom. The average molecular weight is 290 g/mol. The monoisotopic (exact) mass is 290 g/mol. The van der Waals surface area contributed by atoms with Crippen LogP contribution in [0.25, 0.3) is 0 Å². The van der Waals surface area contributed by atoms with Gasteiger partial charge in [0, 0.05) is 25.0 Å². The summed E-state index contributed by atoms with van der Waals surface area (Å²) in [5, 5.41) is 0. The molecule has 5 nitrogen and oxygen atoms in total. The topological polar surface area (TPSA) is 72.6 Å². The van der Waals surface area contributed by atoms with Gasteiger partial charge in [0.15, 0.2) is 0 Å². The predicted molar refractivity (Wildman–Crippen MR) is 75.6 cm³/mol. The summed E-state index contributed by atoms with van der Waals surface area (Å²) in [6, 6.07) is 4.59. The van der Waals surface area contributed by atoms with Crippen molar-refractivity contribution in [1.29, 1.82) is 0 Å². The quantitative estimate of drug-likeness (QED) is 0.799. The molecule has 0 aromatic heterocycles. The lowest BCUT2D eigenvalue weighted by atomic mass is 10.3.